The fraction of sp³-hybridized carbons (Fsp3) is 0. The molecule has 0 aliphatic carbocycles. The molecule has 2 aromatic heterocycles. The summed E-state index contributed by atoms with van der Waals surface area (Å²) in [6.07, 6.45) is 0. The second kappa shape index (κ2) is 14.5. The summed E-state index contributed by atoms with van der Waals surface area (Å²) in [6.45, 7) is 0. The molecule has 0 aliphatic heterocycles. The van der Waals surface area contributed by atoms with Crippen LogP contribution >= 0.6 is 0 Å². The fourth-order valence-corrected chi connectivity index (χ4v) is 8.24. The molecule has 0 N–H and O–H groups in total. The van der Waals surface area contributed by atoms with Gasteiger partial charge in [-0.25, -0.2) is 15.0 Å². The van der Waals surface area contributed by atoms with Gasteiger partial charge >= 0.3 is 0 Å². The zero-order chi connectivity index (χ0) is 39.1. The Morgan fingerprint density at radius 2 is 0.746 bits per heavy atom. The zero-order valence-electron chi connectivity index (χ0n) is 32.0. The third-order valence-corrected chi connectivity index (χ3v) is 11.1. The number of furan rings is 1. The van der Waals surface area contributed by atoms with Crippen LogP contribution in [0.4, 0.5) is 0 Å². The van der Waals surface area contributed by atoms with Crippen LogP contribution in [-0.4, -0.2) is 15.0 Å². The SMILES string of the molecule is c1ccc(-c2cccc(-c3nc(-c4ccccc4)nc(-c4cc5c6ccc(-c7cccc(-c8ccccc8-c8ccccc8)c7)cc6oc5c5ccccc45)n3)c2)cc1. The molecule has 2 heterocycles. The van der Waals surface area contributed by atoms with Crippen molar-refractivity contribution in [2.45, 2.75) is 0 Å². The number of fused-ring (bicyclic) bond motifs is 5. The average molecular weight is 754 g/mol. The molecule has 0 bridgehead atoms. The van der Waals surface area contributed by atoms with Crippen LogP contribution in [0.1, 0.15) is 0 Å². The van der Waals surface area contributed by atoms with Crippen LogP contribution in [0.3, 0.4) is 0 Å². The molecule has 0 fully saturated rings. The highest BCUT2D eigenvalue weighted by molar-refractivity contribution is 6.19. The molecule has 11 aromatic rings. The molecule has 0 spiro atoms. The molecule has 9 aromatic carbocycles. The number of rotatable bonds is 7. The maximum atomic E-state index is 6.80. The summed E-state index contributed by atoms with van der Waals surface area (Å²) in [7, 11) is 0. The van der Waals surface area contributed by atoms with Crippen molar-refractivity contribution in [1.82, 2.24) is 15.0 Å². The molecule has 59 heavy (non-hydrogen) atoms. The molecular weight excluding hydrogens is 719 g/mol. The van der Waals surface area contributed by atoms with Gasteiger partial charge in [0.1, 0.15) is 11.2 Å². The number of benzene rings is 9. The Balaban J connectivity index is 1.05. The van der Waals surface area contributed by atoms with E-state index >= 15 is 0 Å². The Hall–Kier alpha value is -7.95. The third-order valence-electron chi connectivity index (χ3n) is 11.1. The first-order valence-corrected chi connectivity index (χ1v) is 19.8. The Kier molecular flexibility index (Phi) is 8.45. The number of aromatic nitrogens is 3. The summed E-state index contributed by atoms with van der Waals surface area (Å²) < 4.78 is 6.80. The largest absolute Gasteiger partial charge is 0.455 e. The van der Waals surface area contributed by atoms with Crippen LogP contribution in [-0.2, 0) is 0 Å². The topological polar surface area (TPSA) is 51.8 Å². The normalized spacial score (nSPS) is 11.4. The van der Waals surface area contributed by atoms with Gasteiger partial charge < -0.3 is 4.42 Å². The number of hydrogen-bond acceptors (Lipinski definition) is 4. The molecule has 0 unspecified atom stereocenters. The van der Waals surface area contributed by atoms with Crippen LogP contribution < -0.4 is 0 Å². The first-order chi connectivity index (χ1) is 29.2. The molecule has 11 rings (SSSR count). The Bertz CT molecular complexity index is 3320. The second-order valence-electron chi connectivity index (χ2n) is 14.8. The maximum absolute atomic E-state index is 6.80. The van der Waals surface area contributed by atoms with E-state index in [1.807, 2.05) is 36.4 Å². The highest BCUT2D eigenvalue weighted by Gasteiger charge is 2.20. The van der Waals surface area contributed by atoms with Crippen molar-refractivity contribution < 1.29 is 4.42 Å². The molecule has 0 amide bonds. The van der Waals surface area contributed by atoms with Crippen molar-refractivity contribution in [2.24, 2.45) is 0 Å². The molecule has 0 atom stereocenters. The third kappa shape index (κ3) is 6.34. The average Bonchev–Trinajstić information content (AvgIpc) is 3.70. The Labute approximate surface area is 341 Å². The van der Waals surface area contributed by atoms with Gasteiger partial charge in [-0.1, -0.05) is 182 Å². The van der Waals surface area contributed by atoms with Crippen LogP contribution in [0.15, 0.2) is 217 Å². The molecule has 276 valence electrons. The molecule has 0 aliphatic rings. The van der Waals surface area contributed by atoms with Gasteiger partial charge in [-0.05, 0) is 80.2 Å². The highest BCUT2D eigenvalue weighted by Crippen LogP contribution is 2.41. The summed E-state index contributed by atoms with van der Waals surface area (Å²) in [5, 5.41) is 4.07. The summed E-state index contributed by atoms with van der Waals surface area (Å²) in [6, 6.07) is 74.0. The van der Waals surface area contributed by atoms with Crippen LogP contribution in [0.25, 0.3) is 111 Å². The minimum atomic E-state index is 0.607. The standard InChI is InChI=1S/C55H35N3O/c1-4-16-36(17-5-1)39-22-15-25-43(33-39)54-56-53(38-20-8-3-9-21-38)57-55(58-54)50-35-49-47-31-30-41(34-51(47)59-52(49)48-29-13-12-28-46(48)50)40-23-14-24-42(32-40)45-27-11-10-26-44(45)37-18-6-2-7-19-37/h1-35H. The van der Waals surface area contributed by atoms with Gasteiger partial charge in [-0.2, -0.15) is 0 Å². The predicted octanol–water partition coefficient (Wildman–Crippen LogP) is 14.6. The van der Waals surface area contributed by atoms with Gasteiger partial charge in [0.2, 0.25) is 0 Å². The van der Waals surface area contributed by atoms with Gasteiger partial charge in [-0.3, -0.25) is 0 Å². The van der Waals surface area contributed by atoms with Crippen molar-refractivity contribution in [3.63, 3.8) is 0 Å². The molecule has 0 saturated carbocycles. The van der Waals surface area contributed by atoms with Gasteiger partial charge in [-0.15, -0.1) is 0 Å². The van der Waals surface area contributed by atoms with Gasteiger partial charge in [0.05, 0.1) is 0 Å². The molecular formula is C55H35N3O. The van der Waals surface area contributed by atoms with E-state index in [9.17, 15) is 0 Å². The predicted molar refractivity (Wildman–Crippen MR) is 243 cm³/mol. The second-order valence-corrected chi connectivity index (χ2v) is 14.8. The van der Waals surface area contributed by atoms with Crippen LogP contribution in [0.2, 0.25) is 0 Å². The van der Waals surface area contributed by atoms with E-state index in [0.717, 1.165) is 71.7 Å². The van der Waals surface area contributed by atoms with Crippen molar-refractivity contribution in [2.75, 3.05) is 0 Å². The van der Waals surface area contributed by atoms with E-state index in [-0.39, 0.29) is 0 Å². The van der Waals surface area contributed by atoms with E-state index in [1.165, 1.54) is 22.3 Å². The van der Waals surface area contributed by atoms with Crippen LogP contribution in [0, 0.1) is 0 Å². The van der Waals surface area contributed by atoms with Gasteiger partial charge in [0.15, 0.2) is 17.5 Å². The number of hydrogen-bond donors (Lipinski definition) is 0. The van der Waals surface area contributed by atoms with Crippen molar-refractivity contribution in [3.05, 3.63) is 212 Å². The lowest BCUT2D eigenvalue weighted by Gasteiger charge is -2.12. The monoisotopic (exact) mass is 753 g/mol. The Morgan fingerprint density at radius 3 is 1.47 bits per heavy atom. The van der Waals surface area contributed by atoms with E-state index in [1.54, 1.807) is 0 Å². The lowest BCUT2D eigenvalue weighted by Crippen LogP contribution is -2.00. The smallest absolute Gasteiger partial charge is 0.164 e. The first kappa shape index (κ1) is 34.3. The van der Waals surface area contributed by atoms with E-state index in [2.05, 4.69) is 176 Å². The van der Waals surface area contributed by atoms with Crippen LogP contribution in [0.5, 0.6) is 0 Å². The highest BCUT2D eigenvalue weighted by atomic mass is 16.3. The lowest BCUT2D eigenvalue weighted by atomic mass is 9.92. The van der Waals surface area contributed by atoms with E-state index < -0.39 is 0 Å². The first-order valence-electron chi connectivity index (χ1n) is 19.8. The summed E-state index contributed by atoms with van der Waals surface area (Å²) in [5.41, 5.74) is 13.7. The molecule has 0 radical (unpaired) electrons. The van der Waals surface area contributed by atoms with Crippen molar-refractivity contribution in [1.29, 1.82) is 0 Å². The molecule has 4 heteroatoms. The fourth-order valence-electron chi connectivity index (χ4n) is 8.24. The van der Waals surface area contributed by atoms with Gasteiger partial charge in [0, 0.05) is 32.8 Å². The van der Waals surface area contributed by atoms with Crippen molar-refractivity contribution in [3.8, 4) is 78.7 Å². The van der Waals surface area contributed by atoms with Gasteiger partial charge in [0.25, 0.3) is 0 Å². The van der Waals surface area contributed by atoms with E-state index in [4.69, 9.17) is 19.4 Å². The quantitative estimate of drug-likeness (QED) is 0.163. The maximum Gasteiger partial charge on any atom is 0.164 e. The lowest BCUT2D eigenvalue weighted by molar-refractivity contribution is 0.673. The summed E-state index contributed by atoms with van der Waals surface area (Å²) in [5.74, 6) is 1.84. The Morgan fingerprint density at radius 1 is 0.254 bits per heavy atom. The summed E-state index contributed by atoms with van der Waals surface area (Å²) >= 11 is 0. The van der Waals surface area contributed by atoms with E-state index in [0.29, 0.717) is 17.5 Å². The zero-order valence-corrected chi connectivity index (χ0v) is 32.0. The minimum Gasteiger partial charge on any atom is -0.455 e. The molecule has 4 nitrogen and oxygen atoms in total. The molecule has 0 saturated heterocycles. The number of nitrogens with zero attached hydrogens (tertiary/aromatic N) is 3. The van der Waals surface area contributed by atoms with Crippen molar-refractivity contribution >= 4 is 32.7 Å². The minimum absolute atomic E-state index is 0.607. The summed E-state index contributed by atoms with van der Waals surface area (Å²) in [4.78, 5) is 15.4.